The predicted octanol–water partition coefficient (Wildman–Crippen LogP) is 5.45. The van der Waals surface area contributed by atoms with E-state index in [-0.39, 0.29) is 11.3 Å². The molecule has 1 aromatic carbocycles. The molecule has 9 heteroatoms. The molecular weight excluding hydrogens is 508 g/mol. The van der Waals surface area contributed by atoms with Crippen LogP contribution in [0, 0.1) is 13.8 Å². The summed E-state index contributed by atoms with van der Waals surface area (Å²) >= 11 is 6.49. The van der Waals surface area contributed by atoms with E-state index < -0.39 is 10.0 Å². The second kappa shape index (κ2) is 12.3. The molecule has 2 aromatic heterocycles. The van der Waals surface area contributed by atoms with E-state index in [1.165, 1.54) is 61.4 Å². The highest BCUT2D eigenvalue weighted by Gasteiger charge is 2.25. The van der Waals surface area contributed by atoms with Crippen LogP contribution in [0.2, 0.25) is 5.02 Å². The number of rotatable bonds is 12. The first-order chi connectivity index (χ1) is 17.7. The Morgan fingerprint density at radius 1 is 0.892 bits per heavy atom. The van der Waals surface area contributed by atoms with Gasteiger partial charge < -0.3 is 14.5 Å². The lowest BCUT2D eigenvalue weighted by Crippen LogP contribution is -2.49. The summed E-state index contributed by atoms with van der Waals surface area (Å²) in [5.74, 6) is 0.198. The second-order valence-corrected chi connectivity index (χ2v) is 13.0. The van der Waals surface area contributed by atoms with Gasteiger partial charge in [-0.2, -0.15) is 4.31 Å². The van der Waals surface area contributed by atoms with Crippen molar-refractivity contribution >= 4 is 43.4 Å². The van der Waals surface area contributed by atoms with Gasteiger partial charge in [0.1, 0.15) is 0 Å². The summed E-state index contributed by atoms with van der Waals surface area (Å²) < 4.78 is 28.0. The van der Waals surface area contributed by atoms with Crippen LogP contribution in [0.5, 0.6) is 0 Å². The van der Waals surface area contributed by atoms with Crippen molar-refractivity contribution in [2.75, 3.05) is 38.5 Å². The average molecular weight is 549 g/mol. The summed E-state index contributed by atoms with van der Waals surface area (Å²) in [5, 5.41) is 2.59. The van der Waals surface area contributed by atoms with Crippen LogP contribution in [0.25, 0.3) is 21.8 Å². The molecule has 1 aliphatic heterocycles. The fraction of sp³-hybridized carbons (Fsp3) is 0.607. The molecule has 1 N–H and O–H groups in total. The van der Waals surface area contributed by atoms with Crippen LogP contribution in [-0.4, -0.2) is 65.7 Å². The zero-order valence-electron chi connectivity index (χ0n) is 22.5. The number of piperazine rings is 1. The minimum atomic E-state index is -3.04. The molecule has 7 nitrogen and oxygen atoms in total. The van der Waals surface area contributed by atoms with Crippen molar-refractivity contribution in [3.8, 4) is 0 Å². The number of halogens is 1. The molecule has 0 radical (unpaired) electrons. The standard InChI is InChI=1S/C28H41ClN4O3S/c1-4-37(35,36)32-18-16-31(17-19-32)14-10-8-6-5-7-9-11-15-33-22(3)21(2)27-25(33)13-12-24-28(27)23(29)20-26(34)30-24/h12-13,20H,4-11,14-19H2,1-3H3,(H,30,34). The lowest BCUT2D eigenvalue weighted by molar-refractivity contribution is 0.185. The van der Waals surface area contributed by atoms with Crippen molar-refractivity contribution in [1.29, 1.82) is 0 Å². The van der Waals surface area contributed by atoms with Crippen molar-refractivity contribution in [1.82, 2.24) is 18.8 Å². The van der Waals surface area contributed by atoms with Gasteiger partial charge in [-0.05, 0) is 57.9 Å². The van der Waals surface area contributed by atoms with E-state index in [1.54, 1.807) is 11.2 Å². The number of aryl methyl sites for hydroxylation is 2. The highest BCUT2D eigenvalue weighted by molar-refractivity contribution is 7.89. The number of H-pyrrole nitrogens is 1. The number of fused-ring (bicyclic) bond motifs is 3. The zero-order valence-corrected chi connectivity index (χ0v) is 24.1. The maximum absolute atomic E-state index is 12.0. The third kappa shape index (κ3) is 6.41. The van der Waals surface area contributed by atoms with Crippen LogP contribution in [-0.2, 0) is 16.6 Å². The normalized spacial score (nSPS) is 15.8. The van der Waals surface area contributed by atoms with E-state index in [0.717, 1.165) is 48.9 Å². The Morgan fingerprint density at radius 3 is 2.16 bits per heavy atom. The van der Waals surface area contributed by atoms with Crippen LogP contribution < -0.4 is 5.56 Å². The smallest absolute Gasteiger partial charge is 0.249 e. The Hall–Kier alpha value is -1.87. The maximum atomic E-state index is 12.0. The van der Waals surface area contributed by atoms with Crippen molar-refractivity contribution in [2.24, 2.45) is 0 Å². The summed E-state index contributed by atoms with van der Waals surface area (Å²) in [6.45, 7) is 11.1. The van der Waals surface area contributed by atoms with Crippen molar-refractivity contribution < 1.29 is 8.42 Å². The molecule has 1 fully saturated rings. The Kier molecular flexibility index (Phi) is 9.38. The third-order valence-electron chi connectivity index (χ3n) is 8.00. The molecule has 37 heavy (non-hydrogen) atoms. The third-order valence-corrected chi connectivity index (χ3v) is 10.2. The SMILES string of the molecule is CCS(=O)(=O)N1CCN(CCCCCCCCCn2c(C)c(C)c3c4c(Cl)cc(=O)[nH]c4ccc32)CC1. The summed E-state index contributed by atoms with van der Waals surface area (Å²) in [7, 11) is -3.04. The number of hydrogen-bond donors (Lipinski definition) is 1. The van der Waals surface area contributed by atoms with E-state index >= 15 is 0 Å². The molecule has 3 heterocycles. The fourth-order valence-electron chi connectivity index (χ4n) is 5.66. The first-order valence-corrected chi connectivity index (χ1v) is 15.7. The highest BCUT2D eigenvalue weighted by atomic mass is 35.5. The number of pyridine rings is 1. The van der Waals surface area contributed by atoms with Crippen LogP contribution in [0.4, 0.5) is 0 Å². The number of nitrogens with one attached hydrogen (secondary N) is 1. The van der Waals surface area contributed by atoms with Crippen LogP contribution in [0.15, 0.2) is 23.0 Å². The van der Waals surface area contributed by atoms with Gasteiger partial charge in [-0.15, -0.1) is 0 Å². The number of sulfonamides is 1. The quantitative estimate of drug-likeness (QED) is 0.305. The van der Waals surface area contributed by atoms with Crippen molar-refractivity contribution in [3.63, 3.8) is 0 Å². The number of benzene rings is 1. The van der Waals surface area contributed by atoms with Gasteiger partial charge in [0.15, 0.2) is 0 Å². The Labute approximate surface area is 225 Å². The Morgan fingerprint density at radius 2 is 1.51 bits per heavy atom. The molecule has 0 spiro atoms. The number of aromatic amines is 1. The topological polar surface area (TPSA) is 78.4 Å². The van der Waals surface area contributed by atoms with Gasteiger partial charge in [-0.1, -0.05) is 43.7 Å². The van der Waals surface area contributed by atoms with E-state index in [9.17, 15) is 13.2 Å². The molecular formula is C28H41ClN4O3S. The number of hydrogen-bond acceptors (Lipinski definition) is 4. The first kappa shape index (κ1) is 28.1. The number of unbranched alkanes of at least 4 members (excludes halogenated alkanes) is 6. The zero-order chi connectivity index (χ0) is 26.6. The first-order valence-electron chi connectivity index (χ1n) is 13.7. The highest BCUT2D eigenvalue weighted by Crippen LogP contribution is 2.35. The van der Waals surface area contributed by atoms with Gasteiger partial charge in [0.05, 0.1) is 16.3 Å². The van der Waals surface area contributed by atoms with Crippen molar-refractivity contribution in [2.45, 2.75) is 72.3 Å². The van der Waals surface area contributed by atoms with E-state index in [2.05, 4.69) is 34.4 Å². The number of nitrogens with zero attached hydrogens (tertiary/aromatic N) is 3. The van der Waals surface area contributed by atoms with Crippen LogP contribution in [0.3, 0.4) is 0 Å². The number of aromatic nitrogens is 2. The minimum Gasteiger partial charge on any atom is -0.345 e. The van der Waals surface area contributed by atoms with Gasteiger partial charge in [-0.3, -0.25) is 4.79 Å². The summed E-state index contributed by atoms with van der Waals surface area (Å²) in [6.07, 6.45) is 8.57. The second-order valence-electron chi connectivity index (χ2n) is 10.3. The lowest BCUT2D eigenvalue weighted by Gasteiger charge is -2.33. The maximum Gasteiger partial charge on any atom is 0.249 e. The molecule has 1 aliphatic rings. The van der Waals surface area contributed by atoms with Gasteiger partial charge in [0.25, 0.3) is 0 Å². The van der Waals surface area contributed by atoms with E-state index in [4.69, 9.17) is 11.6 Å². The Bertz CT molecular complexity index is 1390. The minimum absolute atomic E-state index is 0.173. The predicted molar refractivity (Wildman–Crippen MR) is 154 cm³/mol. The van der Waals surface area contributed by atoms with Crippen LogP contribution in [0.1, 0.15) is 63.1 Å². The molecule has 0 aliphatic carbocycles. The molecule has 0 unspecified atom stereocenters. The van der Waals surface area contributed by atoms with E-state index in [0.29, 0.717) is 18.1 Å². The molecule has 4 rings (SSSR count). The average Bonchev–Trinajstić information content (AvgIpc) is 3.12. The van der Waals surface area contributed by atoms with Gasteiger partial charge in [0, 0.05) is 60.8 Å². The van der Waals surface area contributed by atoms with Crippen LogP contribution >= 0.6 is 11.6 Å². The fourth-order valence-corrected chi connectivity index (χ4v) is 7.04. The van der Waals surface area contributed by atoms with Gasteiger partial charge >= 0.3 is 0 Å². The molecule has 1 saturated heterocycles. The summed E-state index contributed by atoms with van der Waals surface area (Å²) in [5.41, 5.74) is 4.29. The van der Waals surface area contributed by atoms with Gasteiger partial charge in [0.2, 0.25) is 15.6 Å². The molecule has 0 saturated carbocycles. The monoisotopic (exact) mass is 548 g/mol. The molecule has 0 amide bonds. The summed E-state index contributed by atoms with van der Waals surface area (Å²) in [4.78, 5) is 17.2. The molecule has 3 aromatic rings. The van der Waals surface area contributed by atoms with Gasteiger partial charge in [-0.25, -0.2) is 8.42 Å². The molecule has 0 atom stereocenters. The lowest BCUT2D eigenvalue weighted by atomic mass is 10.1. The van der Waals surface area contributed by atoms with Crippen molar-refractivity contribution in [3.05, 3.63) is 44.8 Å². The summed E-state index contributed by atoms with van der Waals surface area (Å²) in [6, 6.07) is 5.54. The van der Waals surface area contributed by atoms with E-state index in [1.807, 2.05) is 6.07 Å². The molecule has 0 bridgehead atoms. The Balaban J connectivity index is 1.17. The largest absolute Gasteiger partial charge is 0.345 e. The molecule has 204 valence electrons.